The molecule has 0 saturated carbocycles. The molecule has 0 amide bonds. The van der Waals surface area contributed by atoms with E-state index in [-0.39, 0.29) is 0 Å². The lowest BCUT2D eigenvalue weighted by Crippen LogP contribution is -2.40. The predicted molar refractivity (Wildman–Crippen MR) is 106 cm³/mol. The number of benzene rings is 1. The number of nitrogens with one attached hydrogen (secondary N) is 2. The molecule has 7 heteroatoms. The summed E-state index contributed by atoms with van der Waals surface area (Å²) in [6.07, 6.45) is 2.57. The van der Waals surface area contributed by atoms with Crippen molar-refractivity contribution in [3.05, 3.63) is 29.8 Å². The number of aliphatic imine (C=N–C) groups is 1. The molecule has 0 aromatic heterocycles. The largest absolute Gasteiger partial charge is 0.492 e. The number of ether oxygens (including phenoxy) is 3. The second-order valence-electron chi connectivity index (χ2n) is 6.89. The molecule has 1 aromatic rings. The van der Waals surface area contributed by atoms with Crippen molar-refractivity contribution in [2.45, 2.75) is 25.5 Å². The molecule has 0 bridgehead atoms. The Labute approximate surface area is 162 Å². The van der Waals surface area contributed by atoms with E-state index in [9.17, 15) is 0 Å². The number of nitrogens with zero attached hydrogens (tertiary/aromatic N) is 2. The molecule has 27 heavy (non-hydrogen) atoms. The van der Waals surface area contributed by atoms with Crippen LogP contribution in [0, 0.1) is 0 Å². The maximum Gasteiger partial charge on any atom is 0.191 e. The van der Waals surface area contributed by atoms with Crippen LogP contribution in [0.2, 0.25) is 0 Å². The second-order valence-corrected chi connectivity index (χ2v) is 6.89. The van der Waals surface area contributed by atoms with Gasteiger partial charge < -0.3 is 24.8 Å². The Morgan fingerprint density at radius 2 is 2.15 bits per heavy atom. The molecule has 2 N–H and O–H groups in total. The van der Waals surface area contributed by atoms with Crippen LogP contribution in [0.4, 0.5) is 0 Å². The van der Waals surface area contributed by atoms with Crippen molar-refractivity contribution in [3.8, 4) is 5.75 Å². The van der Waals surface area contributed by atoms with E-state index in [1.54, 1.807) is 7.05 Å². The molecule has 3 rings (SSSR count). The summed E-state index contributed by atoms with van der Waals surface area (Å²) in [6, 6.07) is 8.21. The van der Waals surface area contributed by atoms with Crippen LogP contribution in [-0.4, -0.2) is 76.6 Å². The van der Waals surface area contributed by atoms with Gasteiger partial charge in [-0.2, -0.15) is 0 Å². The molecule has 1 aromatic carbocycles. The van der Waals surface area contributed by atoms with Gasteiger partial charge in [0.1, 0.15) is 12.4 Å². The van der Waals surface area contributed by atoms with Crippen LogP contribution in [0.15, 0.2) is 29.3 Å². The summed E-state index contributed by atoms with van der Waals surface area (Å²) in [6.45, 7) is 7.63. The molecule has 2 fully saturated rings. The van der Waals surface area contributed by atoms with Crippen molar-refractivity contribution < 1.29 is 14.2 Å². The van der Waals surface area contributed by atoms with Crippen molar-refractivity contribution in [2.75, 3.05) is 59.7 Å². The van der Waals surface area contributed by atoms with Gasteiger partial charge in [-0.05, 0) is 30.5 Å². The van der Waals surface area contributed by atoms with Gasteiger partial charge in [-0.1, -0.05) is 12.1 Å². The van der Waals surface area contributed by atoms with E-state index in [0.717, 1.165) is 70.6 Å². The normalized spacial score (nSPS) is 21.2. The number of morpholine rings is 1. The highest BCUT2D eigenvalue weighted by Gasteiger charge is 2.15. The van der Waals surface area contributed by atoms with Crippen molar-refractivity contribution >= 4 is 5.96 Å². The Morgan fingerprint density at radius 3 is 2.93 bits per heavy atom. The van der Waals surface area contributed by atoms with E-state index in [1.807, 2.05) is 12.1 Å². The van der Waals surface area contributed by atoms with E-state index in [1.165, 1.54) is 5.56 Å². The molecule has 2 aliphatic heterocycles. The average molecular weight is 377 g/mol. The summed E-state index contributed by atoms with van der Waals surface area (Å²) in [5.41, 5.74) is 1.17. The quantitative estimate of drug-likeness (QED) is 0.526. The van der Waals surface area contributed by atoms with Gasteiger partial charge in [-0.25, -0.2) is 0 Å². The van der Waals surface area contributed by atoms with Crippen molar-refractivity contribution in [2.24, 2.45) is 4.99 Å². The van der Waals surface area contributed by atoms with E-state index in [0.29, 0.717) is 19.3 Å². The molecule has 0 radical (unpaired) electrons. The predicted octanol–water partition coefficient (Wildman–Crippen LogP) is 1.24. The van der Waals surface area contributed by atoms with Crippen LogP contribution >= 0.6 is 0 Å². The van der Waals surface area contributed by atoms with Crippen LogP contribution in [0.5, 0.6) is 5.75 Å². The first kappa shape index (κ1) is 19.9. The summed E-state index contributed by atoms with van der Waals surface area (Å²) in [7, 11) is 1.79. The number of rotatable bonds is 8. The molecule has 1 unspecified atom stereocenters. The monoisotopic (exact) mass is 376 g/mol. The smallest absolute Gasteiger partial charge is 0.191 e. The number of hydrogen-bond donors (Lipinski definition) is 2. The van der Waals surface area contributed by atoms with Gasteiger partial charge in [0.15, 0.2) is 5.96 Å². The molecule has 1 atom stereocenters. The minimum atomic E-state index is 0.298. The van der Waals surface area contributed by atoms with Crippen molar-refractivity contribution in [3.63, 3.8) is 0 Å². The summed E-state index contributed by atoms with van der Waals surface area (Å²) in [5.74, 6) is 1.70. The molecule has 2 aliphatic rings. The van der Waals surface area contributed by atoms with Crippen LogP contribution in [0.1, 0.15) is 18.4 Å². The van der Waals surface area contributed by atoms with Crippen LogP contribution in [0.3, 0.4) is 0 Å². The molecular formula is C20H32N4O3. The molecule has 150 valence electrons. The minimum absolute atomic E-state index is 0.298. The highest BCUT2D eigenvalue weighted by atomic mass is 16.5. The Kier molecular flexibility index (Phi) is 8.20. The zero-order valence-corrected chi connectivity index (χ0v) is 16.3. The Morgan fingerprint density at radius 1 is 1.26 bits per heavy atom. The fourth-order valence-electron chi connectivity index (χ4n) is 3.28. The lowest BCUT2D eigenvalue weighted by Gasteiger charge is -2.26. The zero-order valence-electron chi connectivity index (χ0n) is 16.3. The highest BCUT2D eigenvalue weighted by Crippen LogP contribution is 2.13. The SMILES string of the molecule is CN=C(NCc1cccc(OCCN2CCOCC2)c1)NCC1CCCO1. The van der Waals surface area contributed by atoms with E-state index < -0.39 is 0 Å². The molecule has 2 heterocycles. The highest BCUT2D eigenvalue weighted by molar-refractivity contribution is 5.79. The number of hydrogen-bond acceptors (Lipinski definition) is 5. The lowest BCUT2D eigenvalue weighted by molar-refractivity contribution is 0.0322. The maximum absolute atomic E-state index is 5.92. The van der Waals surface area contributed by atoms with Crippen LogP contribution in [0.25, 0.3) is 0 Å². The first-order valence-corrected chi connectivity index (χ1v) is 9.91. The van der Waals surface area contributed by atoms with Gasteiger partial charge in [-0.15, -0.1) is 0 Å². The molecule has 7 nitrogen and oxygen atoms in total. The first-order chi connectivity index (χ1) is 13.3. The van der Waals surface area contributed by atoms with Gasteiger partial charge in [0.25, 0.3) is 0 Å². The van der Waals surface area contributed by atoms with Crippen LogP contribution < -0.4 is 15.4 Å². The van der Waals surface area contributed by atoms with E-state index in [2.05, 4.69) is 32.7 Å². The van der Waals surface area contributed by atoms with Gasteiger partial charge in [-0.3, -0.25) is 9.89 Å². The fraction of sp³-hybridized carbons (Fsp3) is 0.650. The summed E-state index contributed by atoms with van der Waals surface area (Å²) in [4.78, 5) is 6.65. The van der Waals surface area contributed by atoms with Crippen molar-refractivity contribution in [1.29, 1.82) is 0 Å². The lowest BCUT2D eigenvalue weighted by atomic mass is 10.2. The zero-order chi connectivity index (χ0) is 18.7. The average Bonchev–Trinajstić information content (AvgIpc) is 3.23. The Hall–Kier alpha value is -1.83. The molecular weight excluding hydrogens is 344 g/mol. The maximum atomic E-state index is 5.92. The third-order valence-corrected chi connectivity index (χ3v) is 4.88. The summed E-state index contributed by atoms with van der Waals surface area (Å²) < 4.78 is 16.9. The Bertz CT molecular complexity index is 584. The van der Waals surface area contributed by atoms with Gasteiger partial charge in [0.2, 0.25) is 0 Å². The van der Waals surface area contributed by atoms with Crippen molar-refractivity contribution in [1.82, 2.24) is 15.5 Å². The van der Waals surface area contributed by atoms with Gasteiger partial charge in [0, 0.05) is 46.4 Å². The van der Waals surface area contributed by atoms with Crippen LogP contribution in [-0.2, 0) is 16.0 Å². The molecule has 0 aliphatic carbocycles. The second kappa shape index (κ2) is 11.1. The third kappa shape index (κ3) is 7.01. The topological polar surface area (TPSA) is 67.4 Å². The summed E-state index contributed by atoms with van der Waals surface area (Å²) in [5, 5.41) is 6.68. The molecule has 0 spiro atoms. The minimum Gasteiger partial charge on any atom is -0.492 e. The third-order valence-electron chi connectivity index (χ3n) is 4.88. The fourth-order valence-corrected chi connectivity index (χ4v) is 3.28. The first-order valence-electron chi connectivity index (χ1n) is 9.91. The van der Waals surface area contributed by atoms with Gasteiger partial charge >= 0.3 is 0 Å². The Balaban J connectivity index is 1.38. The van der Waals surface area contributed by atoms with Gasteiger partial charge in [0.05, 0.1) is 19.3 Å². The molecule has 2 saturated heterocycles. The van der Waals surface area contributed by atoms with E-state index in [4.69, 9.17) is 14.2 Å². The number of guanidine groups is 1. The standard InChI is InChI=1S/C20H32N4O3/c1-21-20(23-16-19-6-3-10-26-19)22-15-17-4-2-5-18(14-17)27-13-9-24-7-11-25-12-8-24/h2,4-5,14,19H,3,6-13,15-16H2,1H3,(H2,21,22,23). The van der Waals surface area contributed by atoms with E-state index >= 15 is 0 Å². The summed E-state index contributed by atoms with van der Waals surface area (Å²) >= 11 is 0.